The minimum Gasteiger partial charge on any atom is -0.481 e. The molecule has 1 aromatic heterocycles. The quantitative estimate of drug-likeness (QED) is 0.388. The zero-order chi connectivity index (χ0) is 16.4. The standard InChI is InChI=1S/C12H16N2O8/c15-4-6-8(18)9(19)10(22-6)5-3-14(2-1-7(16)17)12(21)13-11(5)20/h3,6,8-10,15,18-19H,1-2,4H2,(H,16,17)(H,13,20,21)/t6-,8-,9-,10+/m1/s1. The minimum absolute atomic E-state index is 0.132. The Balaban J connectivity index is 2.35. The van der Waals surface area contributed by atoms with E-state index in [0.29, 0.717) is 0 Å². The highest BCUT2D eigenvalue weighted by Gasteiger charge is 2.44. The van der Waals surface area contributed by atoms with Gasteiger partial charge in [0.1, 0.15) is 24.4 Å². The van der Waals surface area contributed by atoms with Gasteiger partial charge >= 0.3 is 11.7 Å². The molecule has 0 spiro atoms. The molecule has 0 unspecified atom stereocenters. The summed E-state index contributed by atoms with van der Waals surface area (Å²) in [5.74, 6) is -1.12. The zero-order valence-electron chi connectivity index (χ0n) is 11.4. The third-order valence-corrected chi connectivity index (χ3v) is 3.45. The second-order valence-electron chi connectivity index (χ2n) is 4.94. The smallest absolute Gasteiger partial charge is 0.328 e. The van der Waals surface area contributed by atoms with Gasteiger partial charge in [-0.15, -0.1) is 0 Å². The molecule has 1 saturated heterocycles. The van der Waals surface area contributed by atoms with Crippen molar-refractivity contribution in [2.24, 2.45) is 0 Å². The van der Waals surface area contributed by atoms with Gasteiger partial charge in [-0.05, 0) is 0 Å². The Morgan fingerprint density at radius 2 is 2.00 bits per heavy atom. The molecule has 0 bridgehead atoms. The minimum atomic E-state index is -1.45. The van der Waals surface area contributed by atoms with Crippen LogP contribution in [0.2, 0.25) is 0 Å². The third-order valence-electron chi connectivity index (χ3n) is 3.45. The van der Waals surface area contributed by atoms with E-state index in [0.717, 1.165) is 10.8 Å². The Bertz CT molecular complexity index is 666. The fraction of sp³-hybridized carbons (Fsp3) is 0.583. The lowest BCUT2D eigenvalue weighted by Crippen LogP contribution is -2.36. The molecule has 0 aliphatic carbocycles. The van der Waals surface area contributed by atoms with Crippen LogP contribution in [0.25, 0.3) is 0 Å². The summed E-state index contributed by atoms with van der Waals surface area (Å²) >= 11 is 0. The predicted molar refractivity (Wildman–Crippen MR) is 70.3 cm³/mol. The fourth-order valence-electron chi connectivity index (χ4n) is 2.27. The van der Waals surface area contributed by atoms with Crippen LogP contribution in [0.1, 0.15) is 18.1 Å². The van der Waals surface area contributed by atoms with Gasteiger partial charge in [0, 0.05) is 12.7 Å². The number of aliphatic carboxylic acids is 1. The Labute approximate surface area is 123 Å². The number of hydrogen-bond acceptors (Lipinski definition) is 7. The summed E-state index contributed by atoms with van der Waals surface area (Å²) in [7, 11) is 0. The van der Waals surface area contributed by atoms with E-state index in [1.165, 1.54) is 0 Å². The van der Waals surface area contributed by atoms with E-state index in [-0.39, 0.29) is 18.5 Å². The van der Waals surface area contributed by atoms with E-state index in [9.17, 15) is 24.6 Å². The number of aromatic nitrogens is 2. The summed E-state index contributed by atoms with van der Waals surface area (Å²) in [5, 5.41) is 37.2. The largest absolute Gasteiger partial charge is 0.481 e. The number of nitrogens with one attached hydrogen (secondary N) is 1. The van der Waals surface area contributed by atoms with Crippen molar-refractivity contribution < 1.29 is 30.0 Å². The normalized spacial score (nSPS) is 28.0. The van der Waals surface area contributed by atoms with Crippen molar-refractivity contribution in [3.8, 4) is 0 Å². The molecule has 0 saturated carbocycles. The molecule has 0 aromatic carbocycles. The van der Waals surface area contributed by atoms with E-state index >= 15 is 0 Å². The first kappa shape index (κ1) is 16.4. The van der Waals surface area contributed by atoms with Crippen LogP contribution in [0.5, 0.6) is 0 Å². The number of rotatable bonds is 5. The monoisotopic (exact) mass is 316 g/mol. The maximum atomic E-state index is 11.8. The lowest BCUT2D eigenvalue weighted by molar-refractivity contribution is -0.137. The molecule has 1 fully saturated rings. The molecular formula is C12H16N2O8. The van der Waals surface area contributed by atoms with E-state index in [2.05, 4.69) is 0 Å². The molecule has 1 aliphatic heterocycles. The average Bonchev–Trinajstić information content (AvgIpc) is 2.74. The van der Waals surface area contributed by atoms with Crippen molar-refractivity contribution in [2.75, 3.05) is 6.61 Å². The Morgan fingerprint density at radius 3 is 2.55 bits per heavy atom. The lowest BCUT2D eigenvalue weighted by atomic mass is 10.0. The molecule has 22 heavy (non-hydrogen) atoms. The first-order valence-corrected chi connectivity index (χ1v) is 6.53. The summed E-state index contributed by atoms with van der Waals surface area (Å²) in [4.78, 5) is 36.0. The molecule has 1 aromatic rings. The Hall–Kier alpha value is -2.01. The molecule has 5 N–H and O–H groups in total. The zero-order valence-corrected chi connectivity index (χ0v) is 11.4. The maximum absolute atomic E-state index is 11.8. The van der Waals surface area contributed by atoms with Crippen LogP contribution in [0.3, 0.4) is 0 Å². The average molecular weight is 316 g/mol. The highest BCUT2D eigenvalue weighted by atomic mass is 16.6. The van der Waals surface area contributed by atoms with Gasteiger partial charge in [-0.1, -0.05) is 0 Å². The highest BCUT2D eigenvalue weighted by molar-refractivity contribution is 5.66. The van der Waals surface area contributed by atoms with E-state index in [1.54, 1.807) is 0 Å². The van der Waals surface area contributed by atoms with Gasteiger partial charge in [-0.3, -0.25) is 19.1 Å². The van der Waals surface area contributed by atoms with Crippen molar-refractivity contribution >= 4 is 5.97 Å². The van der Waals surface area contributed by atoms with Crippen molar-refractivity contribution in [1.82, 2.24) is 9.55 Å². The van der Waals surface area contributed by atoms with Crippen LogP contribution in [0.4, 0.5) is 0 Å². The van der Waals surface area contributed by atoms with E-state index < -0.39 is 48.2 Å². The van der Waals surface area contributed by atoms with Crippen LogP contribution in [0.15, 0.2) is 15.8 Å². The number of aliphatic hydroxyl groups excluding tert-OH is 3. The number of hydrogen-bond donors (Lipinski definition) is 5. The second-order valence-corrected chi connectivity index (χ2v) is 4.94. The second kappa shape index (κ2) is 6.40. The summed E-state index contributed by atoms with van der Waals surface area (Å²) in [6.07, 6.45) is -4.37. The van der Waals surface area contributed by atoms with Crippen molar-refractivity contribution in [3.63, 3.8) is 0 Å². The van der Waals surface area contributed by atoms with Crippen LogP contribution in [-0.2, 0) is 16.1 Å². The van der Waals surface area contributed by atoms with Crippen molar-refractivity contribution in [1.29, 1.82) is 0 Å². The molecule has 2 heterocycles. The van der Waals surface area contributed by atoms with Gasteiger partial charge in [0.15, 0.2) is 0 Å². The Kier molecular flexibility index (Phi) is 4.76. The summed E-state index contributed by atoms with van der Waals surface area (Å²) in [6.45, 7) is -0.724. The van der Waals surface area contributed by atoms with E-state index in [1.807, 2.05) is 4.98 Å². The topological polar surface area (TPSA) is 162 Å². The number of aliphatic hydroxyl groups is 3. The highest BCUT2D eigenvalue weighted by Crippen LogP contribution is 2.31. The molecule has 2 rings (SSSR count). The molecule has 122 valence electrons. The van der Waals surface area contributed by atoms with Gasteiger partial charge in [-0.2, -0.15) is 0 Å². The first-order valence-electron chi connectivity index (χ1n) is 6.53. The molecule has 10 nitrogen and oxygen atoms in total. The maximum Gasteiger partial charge on any atom is 0.328 e. The molecule has 10 heteroatoms. The summed E-state index contributed by atoms with van der Waals surface area (Å²) in [5.41, 5.74) is -1.74. The Morgan fingerprint density at radius 1 is 1.32 bits per heavy atom. The SMILES string of the molecule is O=C(O)CCn1cc([C@@H]2O[C@H](CO)[C@@H](O)[C@H]2O)c(=O)[nH]c1=O. The lowest BCUT2D eigenvalue weighted by Gasteiger charge is -2.15. The number of ether oxygens (including phenoxy) is 1. The third kappa shape index (κ3) is 3.09. The molecule has 4 atom stereocenters. The van der Waals surface area contributed by atoms with Crippen molar-refractivity contribution in [2.45, 2.75) is 37.4 Å². The number of carboxylic acid groups (broad SMARTS) is 1. The van der Waals surface area contributed by atoms with Gasteiger partial charge < -0.3 is 25.2 Å². The van der Waals surface area contributed by atoms with Gasteiger partial charge in [0.2, 0.25) is 0 Å². The number of carboxylic acids is 1. The molecule has 0 amide bonds. The summed E-state index contributed by atoms with van der Waals surface area (Å²) in [6, 6.07) is 0. The van der Waals surface area contributed by atoms with Crippen LogP contribution in [0, 0.1) is 0 Å². The van der Waals surface area contributed by atoms with E-state index in [4.69, 9.17) is 14.9 Å². The van der Waals surface area contributed by atoms with Gasteiger partial charge in [-0.25, -0.2) is 4.79 Å². The molecule has 0 radical (unpaired) electrons. The number of nitrogens with zero attached hydrogens (tertiary/aromatic N) is 1. The molecule has 1 aliphatic rings. The first-order chi connectivity index (χ1) is 10.3. The van der Waals surface area contributed by atoms with Gasteiger partial charge in [0.05, 0.1) is 18.6 Å². The van der Waals surface area contributed by atoms with Crippen LogP contribution < -0.4 is 11.2 Å². The van der Waals surface area contributed by atoms with Crippen LogP contribution in [-0.4, -0.2) is 60.9 Å². The number of H-pyrrole nitrogens is 1. The number of carbonyl (C=O) groups is 1. The van der Waals surface area contributed by atoms with Crippen LogP contribution >= 0.6 is 0 Å². The predicted octanol–water partition coefficient (Wildman–Crippen LogP) is -2.83. The van der Waals surface area contributed by atoms with Crippen molar-refractivity contribution in [3.05, 3.63) is 32.6 Å². The number of aryl methyl sites for hydroxylation is 1. The van der Waals surface area contributed by atoms with Gasteiger partial charge in [0.25, 0.3) is 5.56 Å². The summed E-state index contributed by atoms with van der Waals surface area (Å²) < 4.78 is 6.19. The molecular weight excluding hydrogens is 300 g/mol. The fourth-order valence-corrected chi connectivity index (χ4v) is 2.27. The number of aromatic amines is 1.